The van der Waals surface area contributed by atoms with Crippen molar-refractivity contribution in [3.05, 3.63) is 42.0 Å². The van der Waals surface area contributed by atoms with Gasteiger partial charge in [-0.25, -0.2) is 0 Å². The summed E-state index contributed by atoms with van der Waals surface area (Å²) >= 11 is 0. The largest absolute Gasteiger partial charge is 0.490 e. The summed E-state index contributed by atoms with van der Waals surface area (Å²) in [5, 5.41) is 3.04. The summed E-state index contributed by atoms with van der Waals surface area (Å²) < 4.78 is 5.98. The number of ether oxygens (including phenoxy) is 1. The Morgan fingerprint density at radius 2 is 1.84 bits per heavy atom. The maximum Gasteiger partial charge on any atom is 0.258 e. The number of para-hydroxylation sites is 1. The van der Waals surface area contributed by atoms with Gasteiger partial charge in [-0.15, -0.1) is 0 Å². The molecule has 0 spiro atoms. The van der Waals surface area contributed by atoms with Crippen molar-refractivity contribution in [2.24, 2.45) is 0 Å². The standard InChI is InChI=1S/C20H28N2O3/c1-5-16-11-7-6-10-14(2)25-18-13-9-8-12-17(18)20(24)22(4)15(3)19(23)21-16/h6-9,12-16H,5,10-11H2,1-4H3,(H,21,23)/b7-6-/t14-,15-,16-/m0/s1. The SMILES string of the molecule is CC[C@H]1C/C=C\C[C@H](C)Oc2ccccc2C(=O)N(C)[C@@H](C)C(=O)N1. The zero-order chi connectivity index (χ0) is 18.4. The van der Waals surface area contributed by atoms with E-state index in [1.807, 2.05) is 19.9 Å². The molecule has 0 fully saturated rings. The first-order valence-corrected chi connectivity index (χ1v) is 8.92. The molecule has 1 aliphatic rings. The number of carbonyl (C=O) groups excluding carboxylic acids is 2. The molecule has 2 amide bonds. The van der Waals surface area contributed by atoms with E-state index in [4.69, 9.17) is 4.74 Å². The molecular formula is C20H28N2O3. The van der Waals surface area contributed by atoms with E-state index in [1.165, 1.54) is 4.90 Å². The van der Waals surface area contributed by atoms with Crippen molar-refractivity contribution in [3.8, 4) is 5.75 Å². The van der Waals surface area contributed by atoms with Crippen LogP contribution in [0.25, 0.3) is 0 Å². The maximum atomic E-state index is 12.9. The number of carbonyl (C=O) groups is 2. The summed E-state index contributed by atoms with van der Waals surface area (Å²) in [5.74, 6) is 0.197. The van der Waals surface area contributed by atoms with E-state index in [1.54, 1.807) is 32.2 Å². The summed E-state index contributed by atoms with van der Waals surface area (Å²) in [6.07, 6.45) is 6.49. The Labute approximate surface area is 150 Å². The number of fused-ring (bicyclic) bond motifs is 1. The molecule has 5 heteroatoms. The Hall–Kier alpha value is -2.30. The Morgan fingerprint density at radius 3 is 2.56 bits per heavy atom. The first-order valence-electron chi connectivity index (χ1n) is 8.92. The highest BCUT2D eigenvalue weighted by Gasteiger charge is 2.26. The quantitative estimate of drug-likeness (QED) is 0.796. The Bertz CT molecular complexity index is 642. The van der Waals surface area contributed by atoms with E-state index >= 15 is 0 Å². The van der Waals surface area contributed by atoms with E-state index in [2.05, 4.69) is 17.5 Å². The first kappa shape index (κ1) is 19.0. The average Bonchev–Trinajstić information content (AvgIpc) is 2.61. The van der Waals surface area contributed by atoms with Gasteiger partial charge in [-0.1, -0.05) is 31.2 Å². The Morgan fingerprint density at radius 1 is 1.16 bits per heavy atom. The van der Waals surface area contributed by atoms with Crippen LogP contribution >= 0.6 is 0 Å². The van der Waals surface area contributed by atoms with Crippen LogP contribution < -0.4 is 10.1 Å². The molecule has 0 unspecified atom stereocenters. The lowest BCUT2D eigenvalue weighted by atomic mass is 10.1. The number of hydrogen-bond donors (Lipinski definition) is 1. The zero-order valence-electron chi connectivity index (χ0n) is 15.5. The average molecular weight is 344 g/mol. The van der Waals surface area contributed by atoms with Gasteiger partial charge in [0.1, 0.15) is 11.8 Å². The van der Waals surface area contributed by atoms with Gasteiger partial charge in [-0.05, 0) is 38.8 Å². The lowest BCUT2D eigenvalue weighted by Crippen LogP contribution is -2.48. The van der Waals surface area contributed by atoms with Crippen LogP contribution in [0, 0.1) is 0 Å². The van der Waals surface area contributed by atoms with E-state index in [9.17, 15) is 9.59 Å². The van der Waals surface area contributed by atoms with Crippen LogP contribution in [-0.4, -0.2) is 41.9 Å². The number of benzene rings is 1. The molecule has 5 nitrogen and oxygen atoms in total. The minimum absolute atomic E-state index is 0.0365. The van der Waals surface area contributed by atoms with Crippen molar-refractivity contribution in [2.75, 3.05) is 7.05 Å². The highest BCUT2D eigenvalue weighted by molar-refractivity contribution is 5.99. The van der Waals surface area contributed by atoms with Gasteiger partial charge < -0.3 is 15.0 Å². The minimum atomic E-state index is -0.557. The van der Waals surface area contributed by atoms with Crippen molar-refractivity contribution in [1.82, 2.24) is 10.2 Å². The lowest BCUT2D eigenvalue weighted by molar-refractivity contribution is -0.125. The van der Waals surface area contributed by atoms with Crippen molar-refractivity contribution in [2.45, 2.75) is 58.2 Å². The molecule has 1 aromatic carbocycles. The second-order valence-electron chi connectivity index (χ2n) is 6.57. The number of rotatable bonds is 1. The van der Waals surface area contributed by atoms with Gasteiger partial charge in [0.2, 0.25) is 5.91 Å². The van der Waals surface area contributed by atoms with Gasteiger partial charge in [0, 0.05) is 19.5 Å². The fourth-order valence-corrected chi connectivity index (χ4v) is 2.75. The third kappa shape index (κ3) is 4.84. The van der Waals surface area contributed by atoms with E-state index in [0.29, 0.717) is 11.3 Å². The van der Waals surface area contributed by atoms with Crippen LogP contribution in [0.1, 0.15) is 50.4 Å². The van der Waals surface area contributed by atoms with Crippen LogP contribution in [0.15, 0.2) is 36.4 Å². The van der Waals surface area contributed by atoms with Gasteiger partial charge in [-0.3, -0.25) is 9.59 Å². The van der Waals surface area contributed by atoms with Gasteiger partial charge in [-0.2, -0.15) is 0 Å². The first-order chi connectivity index (χ1) is 11.9. The molecule has 0 aliphatic carbocycles. The normalized spacial score (nSPS) is 26.9. The second-order valence-corrected chi connectivity index (χ2v) is 6.57. The summed E-state index contributed by atoms with van der Waals surface area (Å²) in [5.41, 5.74) is 0.476. The summed E-state index contributed by atoms with van der Waals surface area (Å²) in [6.45, 7) is 5.78. The summed E-state index contributed by atoms with van der Waals surface area (Å²) in [7, 11) is 1.65. The molecule has 1 aromatic rings. The number of nitrogens with one attached hydrogen (secondary N) is 1. The highest BCUT2D eigenvalue weighted by Crippen LogP contribution is 2.22. The van der Waals surface area contributed by atoms with E-state index in [-0.39, 0.29) is 24.0 Å². The fraction of sp³-hybridized carbons (Fsp3) is 0.500. The smallest absolute Gasteiger partial charge is 0.258 e. The molecule has 0 radical (unpaired) electrons. The topological polar surface area (TPSA) is 58.6 Å². The van der Waals surface area contributed by atoms with Gasteiger partial charge in [0.25, 0.3) is 5.91 Å². The molecule has 1 N–H and O–H groups in total. The monoisotopic (exact) mass is 344 g/mol. The number of nitrogens with zero attached hydrogens (tertiary/aromatic N) is 1. The Kier molecular flexibility index (Phi) is 6.62. The van der Waals surface area contributed by atoms with Crippen LogP contribution in [0.2, 0.25) is 0 Å². The van der Waals surface area contributed by atoms with Crippen molar-refractivity contribution >= 4 is 11.8 Å². The van der Waals surface area contributed by atoms with Gasteiger partial charge in [0.15, 0.2) is 0 Å². The predicted molar refractivity (Wildman–Crippen MR) is 98.7 cm³/mol. The van der Waals surface area contributed by atoms with Crippen molar-refractivity contribution in [1.29, 1.82) is 0 Å². The molecular weight excluding hydrogens is 316 g/mol. The zero-order valence-corrected chi connectivity index (χ0v) is 15.5. The molecule has 25 heavy (non-hydrogen) atoms. The molecule has 3 atom stereocenters. The van der Waals surface area contributed by atoms with Gasteiger partial charge in [0.05, 0.1) is 11.7 Å². The molecule has 2 rings (SSSR count). The molecule has 136 valence electrons. The highest BCUT2D eigenvalue weighted by atomic mass is 16.5. The minimum Gasteiger partial charge on any atom is -0.490 e. The third-order valence-electron chi connectivity index (χ3n) is 4.62. The molecule has 1 aliphatic heterocycles. The number of amides is 2. The Balaban J connectivity index is 2.34. The number of likely N-dealkylation sites (N-methyl/N-ethyl adjacent to an activating group) is 1. The summed E-state index contributed by atoms with van der Waals surface area (Å²) in [6, 6.07) is 6.70. The predicted octanol–water partition coefficient (Wildman–Crippen LogP) is 3.16. The van der Waals surface area contributed by atoms with E-state index in [0.717, 1.165) is 19.3 Å². The molecule has 0 aromatic heterocycles. The van der Waals surface area contributed by atoms with Crippen LogP contribution in [0.4, 0.5) is 0 Å². The summed E-state index contributed by atoms with van der Waals surface area (Å²) in [4.78, 5) is 26.9. The molecule has 0 bridgehead atoms. The van der Waals surface area contributed by atoms with Crippen LogP contribution in [0.3, 0.4) is 0 Å². The maximum absolute atomic E-state index is 12.9. The van der Waals surface area contributed by atoms with Crippen molar-refractivity contribution in [3.63, 3.8) is 0 Å². The van der Waals surface area contributed by atoms with Gasteiger partial charge >= 0.3 is 0 Å². The third-order valence-corrected chi connectivity index (χ3v) is 4.62. The second kappa shape index (κ2) is 8.70. The molecule has 0 saturated heterocycles. The van der Waals surface area contributed by atoms with Crippen LogP contribution in [0.5, 0.6) is 5.75 Å². The molecule has 0 saturated carbocycles. The van der Waals surface area contributed by atoms with Crippen LogP contribution in [-0.2, 0) is 4.79 Å². The molecule has 1 heterocycles. The van der Waals surface area contributed by atoms with E-state index < -0.39 is 6.04 Å². The van der Waals surface area contributed by atoms with Crippen molar-refractivity contribution < 1.29 is 14.3 Å². The number of hydrogen-bond acceptors (Lipinski definition) is 3. The lowest BCUT2D eigenvalue weighted by Gasteiger charge is -2.27. The fourth-order valence-electron chi connectivity index (χ4n) is 2.75.